The molecule has 0 aliphatic carbocycles. The molecule has 0 radical (unpaired) electrons. The maximum atomic E-state index is 9.34. The maximum Gasteiger partial charge on any atom is 0.224 e. The minimum absolute atomic E-state index is 0.194. The lowest BCUT2D eigenvalue weighted by Crippen LogP contribution is -2.33. The molecule has 1 atom stereocenters. The Morgan fingerprint density at radius 2 is 2.35 bits per heavy atom. The van der Waals surface area contributed by atoms with Crippen LogP contribution in [0, 0.1) is 6.92 Å². The largest absolute Gasteiger partial charge is 0.394 e. The number of hydrogen-bond acceptors (Lipinski definition) is 5. The molecule has 1 unspecified atom stereocenters. The van der Waals surface area contributed by atoms with E-state index < -0.39 is 0 Å². The molecule has 0 spiro atoms. The Morgan fingerprint density at radius 1 is 1.53 bits per heavy atom. The fraction of sp³-hybridized carbons (Fsp3) is 0.667. The molecule has 0 amide bonds. The molecule has 1 fully saturated rings. The van der Waals surface area contributed by atoms with Crippen molar-refractivity contribution in [2.75, 3.05) is 29.9 Å². The first-order chi connectivity index (χ1) is 8.24. The first kappa shape index (κ1) is 12.1. The van der Waals surface area contributed by atoms with Crippen LogP contribution in [-0.2, 0) is 0 Å². The number of anilines is 2. The Bertz CT molecular complexity index is 383. The van der Waals surface area contributed by atoms with Crippen LogP contribution in [0.4, 0.5) is 11.8 Å². The molecule has 5 heteroatoms. The second kappa shape index (κ2) is 5.31. The first-order valence-electron chi connectivity index (χ1n) is 6.21. The Kier molecular flexibility index (Phi) is 3.78. The minimum atomic E-state index is 0.194. The summed E-state index contributed by atoms with van der Waals surface area (Å²) in [5.41, 5.74) is 0.953. The summed E-state index contributed by atoms with van der Waals surface area (Å²) in [5, 5.41) is 12.5. The molecule has 17 heavy (non-hydrogen) atoms. The van der Waals surface area contributed by atoms with E-state index in [1.54, 1.807) is 0 Å². The van der Waals surface area contributed by atoms with Crippen LogP contribution in [0.25, 0.3) is 0 Å². The quantitative estimate of drug-likeness (QED) is 0.822. The molecule has 5 nitrogen and oxygen atoms in total. The van der Waals surface area contributed by atoms with Gasteiger partial charge >= 0.3 is 0 Å². The Morgan fingerprint density at radius 3 is 3.06 bits per heavy atom. The first-order valence-corrected chi connectivity index (χ1v) is 6.21. The minimum Gasteiger partial charge on any atom is -0.394 e. The van der Waals surface area contributed by atoms with E-state index in [2.05, 4.69) is 20.2 Å². The van der Waals surface area contributed by atoms with Gasteiger partial charge in [-0.1, -0.05) is 0 Å². The summed E-state index contributed by atoms with van der Waals surface area (Å²) < 4.78 is 0. The average molecular weight is 236 g/mol. The lowest BCUT2D eigenvalue weighted by molar-refractivity contribution is 0.266. The highest BCUT2D eigenvalue weighted by atomic mass is 16.3. The third-order valence-corrected chi connectivity index (χ3v) is 3.06. The number of aryl methyl sites for hydroxylation is 1. The maximum absolute atomic E-state index is 9.34. The van der Waals surface area contributed by atoms with E-state index in [0.717, 1.165) is 37.4 Å². The normalized spacial score (nSPS) is 19.7. The van der Waals surface area contributed by atoms with Crippen molar-refractivity contribution in [3.63, 3.8) is 0 Å². The van der Waals surface area contributed by atoms with E-state index in [1.807, 2.05) is 19.9 Å². The Labute approximate surface area is 102 Å². The lowest BCUT2D eigenvalue weighted by Gasteiger charge is -2.24. The monoisotopic (exact) mass is 236 g/mol. The highest BCUT2D eigenvalue weighted by molar-refractivity contribution is 5.46. The molecule has 1 aliphatic heterocycles. The standard InChI is InChI=1S/C12H20N4O/c1-3-13-12-14-9(2)7-11(15-12)16-6-4-5-10(16)8-17/h7,10,17H,3-6,8H2,1-2H3,(H,13,14,15). The Balaban J connectivity index is 2.24. The van der Waals surface area contributed by atoms with Crippen molar-refractivity contribution in [2.45, 2.75) is 32.7 Å². The summed E-state index contributed by atoms with van der Waals surface area (Å²) in [6.07, 6.45) is 2.15. The topological polar surface area (TPSA) is 61.3 Å². The molecule has 2 heterocycles. The van der Waals surface area contributed by atoms with E-state index in [9.17, 15) is 5.11 Å². The fourth-order valence-electron chi connectivity index (χ4n) is 2.26. The van der Waals surface area contributed by atoms with Crippen LogP contribution in [0.3, 0.4) is 0 Å². The molecular formula is C12H20N4O. The predicted molar refractivity (Wildman–Crippen MR) is 68.4 cm³/mol. The van der Waals surface area contributed by atoms with Gasteiger partial charge in [-0.3, -0.25) is 0 Å². The summed E-state index contributed by atoms with van der Waals surface area (Å²) in [7, 11) is 0. The molecule has 0 aromatic carbocycles. The molecule has 2 N–H and O–H groups in total. The molecular weight excluding hydrogens is 216 g/mol. The number of rotatable bonds is 4. The van der Waals surface area contributed by atoms with Crippen LogP contribution in [-0.4, -0.2) is 40.8 Å². The number of nitrogens with one attached hydrogen (secondary N) is 1. The van der Waals surface area contributed by atoms with Gasteiger partial charge in [0.15, 0.2) is 0 Å². The lowest BCUT2D eigenvalue weighted by atomic mass is 10.2. The average Bonchev–Trinajstić information content (AvgIpc) is 2.76. The van der Waals surface area contributed by atoms with Gasteiger partial charge in [-0.05, 0) is 26.7 Å². The number of aromatic nitrogens is 2. The molecule has 0 bridgehead atoms. The van der Waals surface area contributed by atoms with Gasteiger partial charge < -0.3 is 15.3 Å². The van der Waals surface area contributed by atoms with E-state index >= 15 is 0 Å². The molecule has 0 saturated carbocycles. The van der Waals surface area contributed by atoms with Gasteiger partial charge in [0.05, 0.1) is 12.6 Å². The van der Waals surface area contributed by atoms with Gasteiger partial charge in [-0.25, -0.2) is 4.98 Å². The second-order valence-corrected chi connectivity index (χ2v) is 4.39. The summed E-state index contributed by atoms with van der Waals surface area (Å²) in [4.78, 5) is 11.0. The molecule has 1 saturated heterocycles. The summed E-state index contributed by atoms with van der Waals surface area (Å²) in [6.45, 7) is 5.97. The second-order valence-electron chi connectivity index (χ2n) is 4.39. The van der Waals surface area contributed by atoms with Crippen molar-refractivity contribution >= 4 is 11.8 Å². The van der Waals surface area contributed by atoms with Crippen molar-refractivity contribution < 1.29 is 5.11 Å². The van der Waals surface area contributed by atoms with Crippen LogP contribution in [0.1, 0.15) is 25.5 Å². The van der Waals surface area contributed by atoms with Gasteiger partial charge in [0.25, 0.3) is 0 Å². The van der Waals surface area contributed by atoms with Crippen LogP contribution < -0.4 is 10.2 Å². The van der Waals surface area contributed by atoms with Crippen molar-refractivity contribution in [1.82, 2.24) is 9.97 Å². The summed E-state index contributed by atoms with van der Waals surface area (Å²) in [6, 6.07) is 2.19. The van der Waals surface area contributed by atoms with Crippen LogP contribution >= 0.6 is 0 Å². The van der Waals surface area contributed by atoms with Gasteiger partial charge in [0.1, 0.15) is 5.82 Å². The summed E-state index contributed by atoms with van der Waals surface area (Å²) >= 11 is 0. The third-order valence-electron chi connectivity index (χ3n) is 3.06. The van der Waals surface area contributed by atoms with Gasteiger partial charge in [-0.2, -0.15) is 4.98 Å². The van der Waals surface area contributed by atoms with Gasteiger partial charge in [0.2, 0.25) is 5.95 Å². The number of nitrogens with zero attached hydrogens (tertiary/aromatic N) is 3. The smallest absolute Gasteiger partial charge is 0.224 e. The summed E-state index contributed by atoms with van der Waals surface area (Å²) in [5.74, 6) is 1.59. The SMILES string of the molecule is CCNc1nc(C)cc(N2CCCC2CO)n1. The fourth-order valence-corrected chi connectivity index (χ4v) is 2.26. The zero-order valence-corrected chi connectivity index (χ0v) is 10.5. The zero-order valence-electron chi connectivity index (χ0n) is 10.5. The van der Waals surface area contributed by atoms with E-state index in [1.165, 1.54) is 0 Å². The van der Waals surface area contributed by atoms with E-state index in [0.29, 0.717) is 5.95 Å². The van der Waals surface area contributed by atoms with E-state index in [4.69, 9.17) is 0 Å². The molecule has 1 aromatic rings. The molecule has 2 rings (SSSR count). The Hall–Kier alpha value is -1.36. The van der Waals surface area contributed by atoms with Crippen LogP contribution in [0.15, 0.2) is 6.07 Å². The molecule has 1 aromatic heterocycles. The van der Waals surface area contributed by atoms with Crippen LogP contribution in [0.5, 0.6) is 0 Å². The van der Waals surface area contributed by atoms with Crippen molar-refractivity contribution in [1.29, 1.82) is 0 Å². The van der Waals surface area contributed by atoms with Crippen molar-refractivity contribution in [3.05, 3.63) is 11.8 Å². The highest BCUT2D eigenvalue weighted by Crippen LogP contribution is 2.24. The van der Waals surface area contributed by atoms with Gasteiger partial charge in [0, 0.05) is 24.8 Å². The zero-order chi connectivity index (χ0) is 12.3. The van der Waals surface area contributed by atoms with Crippen molar-refractivity contribution in [2.24, 2.45) is 0 Å². The number of aliphatic hydroxyl groups is 1. The van der Waals surface area contributed by atoms with E-state index in [-0.39, 0.29) is 12.6 Å². The highest BCUT2D eigenvalue weighted by Gasteiger charge is 2.25. The van der Waals surface area contributed by atoms with Gasteiger partial charge in [-0.15, -0.1) is 0 Å². The van der Waals surface area contributed by atoms with Crippen molar-refractivity contribution in [3.8, 4) is 0 Å². The number of aliphatic hydroxyl groups excluding tert-OH is 1. The third kappa shape index (κ3) is 2.66. The predicted octanol–water partition coefficient (Wildman–Crippen LogP) is 1.18. The molecule has 1 aliphatic rings. The van der Waals surface area contributed by atoms with Crippen LogP contribution in [0.2, 0.25) is 0 Å². The molecule has 94 valence electrons. The number of hydrogen-bond donors (Lipinski definition) is 2.